The van der Waals surface area contributed by atoms with E-state index in [1.807, 2.05) is 6.92 Å². The first-order valence-electron chi connectivity index (χ1n) is 5.88. The second kappa shape index (κ2) is 6.50. The second-order valence-electron chi connectivity index (χ2n) is 4.12. The maximum Gasteiger partial charge on any atom is 0.321 e. The van der Waals surface area contributed by atoms with Gasteiger partial charge in [0.1, 0.15) is 0 Å². The summed E-state index contributed by atoms with van der Waals surface area (Å²) in [4.78, 5) is 13.6. The first-order chi connectivity index (χ1) is 8.56. The van der Waals surface area contributed by atoms with Crippen molar-refractivity contribution >= 4 is 17.4 Å². The molecule has 0 bridgehead atoms. The fourth-order valence-corrected chi connectivity index (χ4v) is 1.50. The highest BCUT2D eigenvalue weighted by atomic mass is 16.2. The largest absolute Gasteiger partial charge is 0.399 e. The minimum absolute atomic E-state index is 0.179. The van der Waals surface area contributed by atoms with Crippen molar-refractivity contribution in [2.45, 2.75) is 13.8 Å². The predicted molar refractivity (Wildman–Crippen MR) is 71.9 cm³/mol. The number of carbonyl (C=O) groups is 1. The number of rotatable bonds is 4. The third-order valence-corrected chi connectivity index (χ3v) is 2.55. The average Bonchev–Trinajstić information content (AvgIpc) is 2.38. The van der Waals surface area contributed by atoms with Gasteiger partial charge >= 0.3 is 6.03 Å². The zero-order valence-electron chi connectivity index (χ0n) is 10.7. The summed E-state index contributed by atoms with van der Waals surface area (Å²) in [6, 6.07) is 8.86. The molecule has 18 heavy (non-hydrogen) atoms. The summed E-state index contributed by atoms with van der Waals surface area (Å²) in [5.41, 5.74) is 6.91. The number of nitriles is 1. The van der Waals surface area contributed by atoms with Crippen LogP contribution in [0.15, 0.2) is 24.3 Å². The number of benzene rings is 1. The van der Waals surface area contributed by atoms with Crippen molar-refractivity contribution in [2.75, 3.05) is 24.1 Å². The average molecular weight is 246 g/mol. The Morgan fingerprint density at radius 3 is 2.61 bits per heavy atom. The van der Waals surface area contributed by atoms with E-state index in [0.717, 1.165) is 0 Å². The summed E-state index contributed by atoms with van der Waals surface area (Å²) < 4.78 is 0. The predicted octanol–water partition coefficient (Wildman–Crippen LogP) is 2.28. The van der Waals surface area contributed by atoms with Gasteiger partial charge in [0.05, 0.1) is 12.0 Å². The molecule has 0 fully saturated rings. The third-order valence-electron chi connectivity index (χ3n) is 2.55. The molecule has 0 saturated carbocycles. The summed E-state index contributed by atoms with van der Waals surface area (Å²) in [5, 5.41) is 11.5. The summed E-state index contributed by atoms with van der Waals surface area (Å²) in [6.45, 7) is 4.66. The highest BCUT2D eigenvalue weighted by Crippen LogP contribution is 2.11. The topological polar surface area (TPSA) is 82.2 Å². The van der Waals surface area contributed by atoms with Gasteiger partial charge < -0.3 is 16.0 Å². The van der Waals surface area contributed by atoms with Crippen molar-refractivity contribution in [3.63, 3.8) is 0 Å². The number of carbonyl (C=O) groups excluding carboxylic acids is 1. The van der Waals surface area contributed by atoms with Gasteiger partial charge in [-0.05, 0) is 38.1 Å². The Labute approximate surface area is 107 Å². The molecule has 0 aliphatic carbocycles. The van der Waals surface area contributed by atoms with Gasteiger partial charge in [0, 0.05) is 24.5 Å². The van der Waals surface area contributed by atoms with Crippen LogP contribution < -0.4 is 11.1 Å². The molecule has 0 heterocycles. The molecule has 1 atom stereocenters. The monoisotopic (exact) mass is 246 g/mol. The Hall–Kier alpha value is -2.22. The van der Waals surface area contributed by atoms with Crippen molar-refractivity contribution in [3.8, 4) is 6.07 Å². The van der Waals surface area contributed by atoms with E-state index in [9.17, 15) is 4.79 Å². The Morgan fingerprint density at radius 2 is 2.11 bits per heavy atom. The molecule has 0 saturated heterocycles. The Bertz CT molecular complexity index is 435. The van der Waals surface area contributed by atoms with E-state index in [1.165, 1.54) is 0 Å². The summed E-state index contributed by atoms with van der Waals surface area (Å²) in [7, 11) is 0. The number of anilines is 2. The van der Waals surface area contributed by atoms with E-state index < -0.39 is 0 Å². The molecule has 0 aromatic heterocycles. The molecule has 96 valence electrons. The van der Waals surface area contributed by atoms with Gasteiger partial charge in [-0.2, -0.15) is 5.26 Å². The van der Waals surface area contributed by atoms with Crippen molar-refractivity contribution in [2.24, 2.45) is 5.92 Å². The van der Waals surface area contributed by atoms with Crippen molar-refractivity contribution in [3.05, 3.63) is 24.3 Å². The zero-order chi connectivity index (χ0) is 13.5. The van der Waals surface area contributed by atoms with E-state index in [2.05, 4.69) is 11.4 Å². The van der Waals surface area contributed by atoms with Crippen LogP contribution in [0.4, 0.5) is 16.2 Å². The van der Waals surface area contributed by atoms with Gasteiger partial charge in [-0.1, -0.05) is 0 Å². The molecule has 1 unspecified atom stereocenters. The molecule has 0 spiro atoms. The lowest BCUT2D eigenvalue weighted by Gasteiger charge is -2.22. The van der Waals surface area contributed by atoms with E-state index >= 15 is 0 Å². The summed E-state index contributed by atoms with van der Waals surface area (Å²) >= 11 is 0. The molecule has 5 heteroatoms. The molecule has 2 amide bonds. The van der Waals surface area contributed by atoms with Crippen molar-refractivity contribution < 1.29 is 4.79 Å². The third kappa shape index (κ3) is 3.98. The zero-order valence-corrected chi connectivity index (χ0v) is 10.7. The molecule has 1 aromatic carbocycles. The van der Waals surface area contributed by atoms with Crippen LogP contribution in [0.25, 0.3) is 0 Å². The van der Waals surface area contributed by atoms with E-state index in [1.54, 1.807) is 36.1 Å². The number of amides is 2. The van der Waals surface area contributed by atoms with Gasteiger partial charge in [-0.15, -0.1) is 0 Å². The lowest BCUT2D eigenvalue weighted by atomic mass is 10.2. The molecule has 0 radical (unpaired) electrons. The molecule has 1 rings (SSSR count). The second-order valence-corrected chi connectivity index (χ2v) is 4.12. The fourth-order valence-electron chi connectivity index (χ4n) is 1.50. The van der Waals surface area contributed by atoms with Crippen LogP contribution in [-0.4, -0.2) is 24.0 Å². The number of urea groups is 1. The molecular weight excluding hydrogens is 228 g/mol. The molecule has 3 N–H and O–H groups in total. The lowest BCUT2D eigenvalue weighted by Crippen LogP contribution is -2.37. The molecule has 5 nitrogen and oxygen atoms in total. The van der Waals surface area contributed by atoms with Crippen LogP contribution in [-0.2, 0) is 0 Å². The van der Waals surface area contributed by atoms with Crippen LogP contribution in [0.1, 0.15) is 13.8 Å². The van der Waals surface area contributed by atoms with Crippen LogP contribution in [0, 0.1) is 17.2 Å². The van der Waals surface area contributed by atoms with Gasteiger partial charge in [-0.25, -0.2) is 4.79 Å². The van der Waals surface area contributed by atoms with Crippen LogP contribution in [0.5, 0.6) is 0 Å². The molecular formula is C13H18N4O. The van der Waals surface area contributed by atoms with Crippen molar-refractivity contribution in [1.29, 1.82) is 5.26 Å². The maximum atomic E-state index is 12.0. The first-order valence-corrected chi connectivity index (χ1v) is 5.88. The van der Waals surface area contributed by atoms with Crippen LogP contribution >= 0.6 is 0 Å². The molecule has 0 aliphatic rings. The molecule has 1 aromatic rings. The van der Waals surface area contributed by atoms with E-state index in [-0.39, 0.29) is 11.9 Å². The van der Waals surface area contributed by atoms with Gasteiger partial charge in [-0.3, -0.25) is 0 Å². The van der Waals surface area contributed by atoms with Gasteiger partial charge in [0.2, 0.25) is 0 Å². The minimum Gasteiger partial charge on any atom is -0.399 e. The SMILES string of the molecule is CCN(CC(C)C#N)C(=O)Nc1ccc(N)cc1. The normalized spacial score (nSPS) is 11.4. The van der Waals surface area contributed by atoms with E-state index in [0.29, 0.717) is 24.5 Å². The number of nitrogen functional groups attached to an aromatic ring is 1. The number of nitrogens with two attached hydrogens (primary N) is 1. The lowest BCUT2D eigenvalue weighted by molar-refractivity contribution is 0.210. The quantitative estimate of drug-likeness (QED) is 0.799. The Morgan fingerprint density at radius 1 is 1.50 bits per heavy atom. The number of nitrogens with one attached hydrogen (secondary N) is 1. The van der Waals surface area contributed by atoms with Crippen LogP contribution in [0.3, 0.4) is 0 Å². The minimum atomic E-state index is -0.204. The summed E-state index contributed by atoms with van der Waals surface area (Å²) in [5.74, 6) is -0.179. The Kier molecular flexibility index (Phi) is 5.00. The van der Waals surface area contributed by atoms with Gasteiger partial charge in [0.25, 0.3) is 0 Å². The maximum absolute atomic E-state index is 12.0. The fraction of sp³-hybridized carbons (Fsp3) is 0.385. The van der Waals surface area contributed by atoms with Crippen LogP contribution in [0.2, 0.25) is 0 Å². The standard InChI is InChI=1S/C13H18N4O/c1-3-17(9-10(2)8-14)13(18)16-12-6-4-11(15)5-7-12/h4-7,10H,3,9,15H2,1-2H3,(H,16,18). The van der Waals surface area contributed by atoms with Gasteiger partial charge in [0.15, 0.2) is 0 Å². The summed E-state index contributed by atoms with van der Waals surface area (Å²) in [6.07, 6.45) is 0. The van der Waals surface area contributed by atoms with E-state index in [4.69, 9.17) is 11.0 Å². The smallest absolute Gasteiger partial charge is 0.321 e. The Balaban J connectivity index is 2.62. The molecule has 0 aliphatic heterocycles. The number of hydrogen-bond donors (Lipinski definition) is 2. The van der Waals surface area contributed by atoms with Crippen molar-refractivity contribution in [1.82, 2.24) is 4.90 Å². The highest BCUT2D eigenvalue weighted by Gasteiger charge is 2.14. The first kappa shape index (κ1) is 13.8. The highest BCUT2D eigenvalue weighted by molar-refractivity contribution is 5.89. The number of hydrogen-bond acceptors (Lipinski definition) is 3. The number of nitrogens with zero attached hydrogens (tertiary/aromatic N) is 2.